The second-order valence-corrected chi connectivity index (χ2v) is 11.3. The van der Waals surface area contributed by atoms with Crippen LogP contribution in [-0.2, 0) is 26.4 Å². The molecule has 9 heteroatoms. The molecule has 2 aromatic rings. The van der Waals surface area contributed by atoms with Crippen molar-refractivity contribution in [2.45, 2.75) is 37.2 Å². The maximum absolute atomic E-state index is 14.0. The second-order valence-electron chi connectivity index (χ2n) is 6.93. The highest BCUT2D eigenvalue weighted by molar-refractivity contribution is 7.91. The van der Waals surface area contributed by atoms with Crippen molar-refractivity contribution >= 4 is 19.9 Å². The van der Waals surface area contributed by atoms with Gasteiger partial charge >= 0.3 is 0 Å². The smallest absolute Gasteiger partial charge is 0.243 e. The number of nitrogens with zero attached hydrogens (tertiary/aromatic N) is 1. The van der Waals surface area contributed by atoms with Gasteiger partial charge in [-0.1, -0.05) is 25.1 Å². The van der Waals surface area contributed by atoms with Crippen LogP contribution in [0.3, 0.4) is 0 Å². The number of sulfone groups is 1. The standard InChI is InChI=1S/C20H24FNO5S2/c1-2-28(23,24)14-13-27-18-9-11-19(12-10-18)29(25,26)22(17-7-8-17)15-16-5-3-4-6-20(16)21/h3-6,9-12,17H,2,7-8,13-15H2,1H3. The third-order valence-corrected chi connectivity index (χ3v) is 8.35. The molecular weight excluding hydrogens is 417 g/mol. The minimum absolute atomic E-state index is 0.00372. The molecule has 0 aromatic heterocycles. The summed E-state index contributed by atoms with van der Waals surface area (Å²) < 4.78 is 70.0. The van der Waals surface area contributed by atoms with E-state index in [1.54, 1.807) is 25.1 Å². The molecular formula is C20H24FNO5S2. The first-order valence-electron chi connectivity index (χ1n) is 9.41. The van der Waals surface area contributed by atoms with Gasteiger partial charge in [-0.3, -0.25) is 0 Å². The third-order valence-electron chi connectivity index (χ3n) is 4.77. The molecule has 1 saturated carbocycles. The first-order chi connectivity index (χ1) is 13.7. The van der Waals surface area contributed by atoms with E-state index >= 15 is 0 Å². The molecule has 1 aliphatic carbocycles. The quantitative estimate of drug-likeness (QED) is 0.566. The Kier molecular flexibility index (Phi) is 6.60. The zero-order chi connectivity index (χ0) is 21.1. The third kappa shape index (κ3) is 5.55. The molecule has 1 aliphatic rings. The van der Waals surface area contributed by atoms with Crippen molar-refractivity contribution in [3.63, 3.8) is 0 Å². The van der Waals surface area contributed by atoms with E-state index in [1.165, 1.54) is 34.6 Å². The van der Waals surface area contributed by atoms with Gasteiger partial charge < -0.3 is 4.74 Å². The molecule has 0 spiro atoms. The summed E-state index contributed by atoms with van der Waals surface area (Å²) in [5.74, 6) is -0.0877. The van der Waals surface area contributed by atoms with Crippen molar-refractivity contribution in [2.24, 2.45) is 0 Å². The number of hydrogen-bond donors (Lipinski definition) is 0. The average molecular weight is 442 g/mol. The highest BCUT2D eigenvalue weighted by Gasteiger charge is 2.38. The minimum atomic E-state index is -3.80. The summed E-state index contributed by atoms with van der Waals surface area (Å²) in [6, 6.07) is 11.9. The van der Waals surface area contributed by atoms with Crippen LogP contribution < -0.4 is 4.74 Å². The zero-order valence-corrected chi connectivity index (χ0v) is 17.8. The number of halogens is 1. The van der Waals surface area contributed by atoms with Crippen LogP contribution in [0.25, 0.3) is 0 Å². The molecule has 3 rings (SSSR count). The first kappa shape index (κ1) is 21.7. The molecule has 0 aliphatic heterocycles. The fourth-order valence-corrected chi connectivity index (χ4v) is 5.13. The van der Waals surface area contributed by atoms with Crippen molar-refractivity contribution in [1.82, 2.24) is 4.31 Å². The topological polar surface area (TPSA) is 80.8 Å². The Labute approximate surface area is 171 Å². The minimum Gasteiger partial charge on any atom is -0.493 e. The Morgan fingerprint density at radius 3 is 2.28 bits per heavy atom. The molecule has 0 N–H and O–H groups in total. The van der Waals surface area contributed by atoms with Gasteiger partial charge in [0, 0.05) is 23.9 Å². The Bertz CT molecular complexity index is 1050. The first-order valence-corrected chi connectivity index (χ1v) is 12.7. The Hall–Kier alpha value is -1.97. The van der Waals surface area contributed by atoms with Crippen molar-refractivity contribution < 1.29 is 26.0 Å². The van der Waals surface area contributed by atoms with Crippen LogP contribution in [0, 0.1) is 5.82 Å². The molecule has 1 fully saturated rings. The summed E-state index contributed by atoms with van der Waals surface area (Å²) in [5, 5.41) is 0. The van der Waals surface area contributed by atoms with E-state index in [-0.39, 0.29) is 35.6 Å². The van der Waals surface area contributed by atoms with E-state index in [9.17, 15) is 21.2 Å². The van der Waals surface area contributed by atoms with Crippen molar-refractivity contribution in [3.05, 3.63) is 59.9 Å². The summed E-state index contributed by atoms with van der Waals surface area (Å²) in [7, 11) is -6.93. The molecule has 0 unspecified atom stereocenters. The largest absolute Gasteiger partial charge is 0.493 e. The summed E-state index contributed by atoms with van der Waals surface area (Å²) in [5.41, 5.74) is 0.333. The molecule has 0 atom stereocenters. The fraction of sp³-hybridized carbons (Fsp3) is 0.400. The Balaban J connectivity index is 1.73. The lowest BCUT2D eigenvalue weighted by Crippen LogP contribution is -2.33. The lowest BCUT2D eigenvalue weighted by atomic mass is 10.2. The van der Waals surface area contributed by atoms with Crippen LogP contribution in [0.2, 0.25) is 0 Å². The van der Waals surface area contributed by atoms with E-state index in [1.807, 2.05) is 0 Å². The lowest BCUT2D eigenvalue weighted by molar-refractivity contribution is 0.340. The highest BCUT2D eigenvalue weighted by Crippen LogP contribution is 2.34. The van der Waals surface area contributed by atoms with Crippen LogP contribution in [0.5, 0.6) is 5.75 Å². The van der Waals surface area contributed by atoms with Gasteiger partial charge in [-0.15, -0.1) is 0 Å². The van der Waals surface area contributed by atoms with Crippen molar-refractivity contribution in [3.8, 4) is 5.75 Å². The van der Waals surface area contributed by atoms with Crippen LogP contribution in [0.1, 0.15) is 25.3 Å². The van der Waals surface area contributed by atoms with Crippen molar-refractivity contribution in [2.75, 3.05) is 18.1 Å². The van der Waals surface area contributed by atoms with E-state index in [0.717, 1.165) is 12.8 Å². The highest BCUT2D eigenvalue weighted by atomic mass is 32.2. The van der Waals surface area contributed by atoms with Gasteiger partial charge in [-0.05, 0) is 43.2 Å². The van der Waals surface area contributed by atoms with E-state index in [0.29, 0.717) is 11.3 Å². The Morgan fingerprint density at radius 2 is 1.69 bits per heavy atom. The molecule has 2 aromatic carbocycles. The number of ether oxygens (including phenoxy) is 1. The Morgan fingerprint density at radius 1 is 1.03 bits per heavy atom. The van der Waals surface area contributed by atoms with Gasteiger partial charge in [0.05, 0.1) is 10.6 Å². The second kappa shape index (κ2) is 8.81. The van der Waals surface area contributed by atoms with E-state index in [4.69, 9.17) is 4.74 Å². The van der Waals surface area contributed by atoms with Crippen LogP contribution in [-0.4, -0.2) is 45.3 Å². The molecule has 29 heavy (non-hydrogen) atoms. The molecule has 6 nitrogen and oxygen atoms in total. The molecule has 0 bridgehead atoms. The summed E-state index contributed by atoms with van der Waals surface area (Å²) in [4.78, 5) is 0.0919. The van der Waals surface area contributed by atoms with E-state index < -0.39 is 25.7 Å². The molecule has 158 valence electrons. The summed E-state index contributed by atoms with van der Waals surface area (Å²) >= 11 is 0. The molecule has 0 amide bonds. The van der Waals surface area contributed by atoms with Crippen LogP contribution in [0.15, 0.2) is 53.4 Å². The van der Waals surface area contributed by atoms with Gasteiger partial charge in [-0.2, -0.15) is 4.31 Å². The maximum atomic E-state index is 14.0. The van der Waals surface area contributed by atoms with Crippen LogP contribution >= 0.6 is 0 Å². The molecule has 0 radical (unpaired) electrons. The number of rotatable bonds is 10. The van der Waals surface area contributed by atoms with Gasteiger partial charge in [-0.25, -0.2) is 21.2 Å². The predicted octanol–water partition coefficient (Wildman–Crippen LogP) is 2.99. The summed E-state index contributed by atoms with van der Waals surface area (Å²) in [6.45, 7) is 1.55. The van der Waals surface area contributed by atoms with Gasteiger partial charge in [0.25, 0.3) is 0 Å². The van der Waals surface area contributed by atoms with Gasteiger partial charge in [0.15, 0.2) is 9.84 Å². The lowest BCUT2D eigenvalue weighted by Gasteiger charge is -2.22. The van der Waals surface area contributed by atoms with Crippen molar-refractivity contribution in [1.29, 1.82) is 0 Å². The van der Waals surface area contributed by atoms with Crippen LogP contribution in [0.4, 0.5) is 4.39 Å². The zero-order valence-electron chi connectivity index (χ0n) is 16.1. The van der Waals surface area contributed by atoms with E-state index in [2.05, 4.69) is 0 Å². The number of sulfonamides is 1. The number of benzene rings is 2. The monoisotopic (exact) mass is 441 g/mol. The predicted molar refractivity (Wildman–Crippen MR) is 108 cm³/mol. The normalized spacial score (nSPS) is 14.9. The molecule has 0 saturated heterocycles. The van der Waals surface area contributed by atoms with Gasteiger partial charge in [0.2, 0.25) is 10.0 Å². The summed E-state index contributed by atoms with van der Waals surface area (Å²) in [6.07, 6.45) is 1.50. The molecule has 0 heterocycles. The average Bonchev–Trinajstić information content (AvgIpc) is 3.52. The SMILES string of the molecule is CCS(=O)(=O)CCOc1ccc(S(=O)(=O)N(Cc2ccccc2F)C2CC2)cc1. The fourth-order valence-electron chi connectivity index (χ4n) is 2.84. The maximum Gasteiger partial charge on any atom is 0.243 e. The van der Waals surface area contributed by atoms with Gasteiger partial charge in [0.1, 0.15) is 18.2 Å². The number of hydrogen-bond acceptors (Lipinski definition) is 5.